The number of hydrogen-bond donors (Lipinski definition) is 1. The largest absolute Gasteiger partial charge is 0.477 e. The Hall–Kier alpha value is -1.96. The number of nitro groups is 1. The van der Waals surface area contributed by atoms with Crippen LogP contribution in [-0.2, 0) is 0 Å². The molecule has 0 saturated heterocycles. The van der Waals surface area contributed by atoms with Gasteiger partial charge in [0.05, 0.1) is 9.95 Å². The van der Waals surface area contributed by atoms with Crippen LogP contribution < -0.4 is 4.74 Å². The molecule has 1 aromatic carbocycles. The molecule has 0 amide bonds. The Kier molecular flexibility index (Phi) is 3.79. The lowest BCUT2D eigenvalue weighted by molar-refractivity contribution is -0.385. The number of rotatable bonds is 4. The number of hydrogen-bond acceptors (Lipinski definition) is 4. The van der Waals surface area contributed by atoms with Crippen LogP contribution in [0.1, 0.15) is 10.4 Å². The highest BCUT2D eigenvalue weighted by Crippen LogP contribution is 2.33. The van der Waals surface area contributed by atoms with Gasteiger partial charge in [-0.05, 0) is 0 Å². The van der Waals surface area contributed by atoms with Crippen LogP contribution in [0.2, 0.25) is 5.02 Å². The lowest BCUT2D eigenvalue weighted by Crippen LogP contribution is -2.10. The normalized spacial score (nSPS) is 10.4. The van der Waals surface area contributed by atoms with Crippen molar-refractivity contribution in [1.82, 2.24) is 0 Å². The van der Waals surface area contributed by atoms with E-state index in [1.54, 1.807) is 0 Å². The number of carbonyl (C=O) groups is 1. The van der Waals surface area contributed by atoms with Crippen molar-refractivity contribution in [3.8, 4) is 5.75 Å². The van der Waals surface area contributed by atoms with Crippen molar-refractivity contribution < 1.29 is 28.3 Å². The molecule has 0 aliphatic heterocycles. The van der Waals surface area contributed by atoms with E-state index >= 15 is 0 Å². The molecule has 0 bridgehead atoms. The predicted molar refractivity (Wildman–Crippen MR) is 51.7 cm³/mol. The average Bonchev–Trinajstić information content (AvgIpc) is 2.14. The quantitative estimate of drug-likeness (QED) is 0.669. The minimum absolute atomic E-state index is 0.280. The topological polar surface area (TPSA) is 89.7 Å². The van der Waals surface area contributed by atoms with Crippen molar-refractivity contribution in [1.29, 1.82) is 0 Å². The van der Waals surface area contributed by atoms with E-state index in [0.29, 0.717) is 0 Å². The van der Waals surface area contributed by atoms with Gasteiger partial charge < -0.3 is 9.84 Å². The summed E-state index contributed by atoms with van der Waals surface area (Å²) in [7, 11) is 0. The maximum atomic E-state index is 12.0. The molecule has 1 N–H and O–H groups in total. The van der Waals surface area contributed by atoms with Gasteiger partial charge in [-0.2, -0.15) is 8.78 Å². The molecule has 9 heteroatoms. The van der Waals surface area contributed by atoms with E-state index in [9.17, 15) is 23.7 Å². The Bertz CT molecular complexity index is 479. The van der Waals surface area contributed by atoms with Crippen LogP contribution >= 0.6 is 11.6 Å². The highest BCUT2D eigenvalue weighted by molar-refractivity contribution is 6.31. The van der Waals surface area contributed by atoms with E-state index in [-0.39, 0.29) is 5.02 Å². The smallest absolute Gasteiger partial charge is 0.387 e. The molecule has 0 aliphatic rings. The molecule has 0 radical (unpaired) electrons. The van der Waals surface area contributed by atoms with Crippen molar-refractivity contribution in [2.45, 2.75) is 6.61 Å². The minimum atomic E-state index is -3.31. The van der Waals surface area contributed by atoms with E-state index in [1.807, 2.05) is 0 Å². The molecular weight excluding hydrogens is 264 g/mol. The first kappa shape index (κ1) is 13.1. The molecule has 0 unspecified atom stereocenters. The van der Waals surface area contributed by atoms with Gasteiger partial charge in [0.2, 0.25) is 0 Å². The molecule has 1 aromatic rings. The molecule has 0 atom stereocenters. The zero-order chi connectivity index (χ0) is 13.2. The van der Waals surface area contributed by atoms with Crippen LogP contribution in [0.3, 0.4) is 0 Å². The lowest BCUT2D eigenvalue weighted by Gasteiger charge is -2.08. The summed E-state index contributed by atoms with van der Waals surface area (Å²) in [5.74, 6) is -2.62. The Morgan fingerprint density at radius 1 is 1.53 bits per heavy atom. The molecule has 6 nitrogen and oxygen atoms in total. The number of halogens is 3. The van der Waals surface area contributed by atoms with Gasteiger partial charge >= 0.3 is 12.6 Å². The van der Waals surface area contributed by atoms with Gasteiger partial charge in [0.1, 0.15) is 5.75 Å². The zero-order valence-electron chi connectivity index (χ0n) is 7.89. The zero-order valence-corrected chi connectivity index (χ0v) is 8.65. The number of aromatic carboxylic acids is 1. The lowest BCUT2D eigenvalue weighted by atomic mass is 10.1. The van der Waals surface area contributed by atoms with E-state index < -0.39 is 34.5 Å². The van der Waals surface area contributed by atoms with Gasteiger partial charge in [-0.3, -0.25) is 10.1 Å². The van der Waals surface area contributed by atoms with Gasteiger partial charge in [0.15, 0.2) is 5.56 Å². The fourth-order valence-electron chi connectivity index (χ4n) is 1.12. The third kappa shape index (κ3) is 3.00. The molecule has 17 heavy (non-hydrogen) atoms. The average molecular weight is 268 g/mol. The van der Waals surface area contributed by atoms with Crippen molar-refractivity contribution in [2.24, 2.45) is 0 Å². The molecule has 0 heterocycles. The highest BCUT2D eigenvalue weighted by Gasteiger charge is 2.27. The summed E-state index contributed by atoms with van der Waals surface area (Å²) in [5.41, 5.74) is -1.89. The SMILES string of the molecule is O=C(O)c1c(OC(F)F)cc(Cl)cc1[N+](=O)[O-]. The van der Waals surface area contributed by atoms with Crippen LogP contribution in [0.25, 0.3) is 0 Å². The Labute approximate surface area is 97.5 Å². The molecule has 0 aromatic heterocycles. The first-order chi connectivity index (χ1) is 7.82. The van der Waals surface area contributed by atoms with Crippen molar-refractivity contribution in [3.05, 3.63) is 32.8 Å². The van der Waals surface area contributed by atoms with Crippen LogP contribution in [0.4, 0.5) is 14.5 Å². The second-order valence-electron chi connectivity index (χ2n) is 2.74. The van der Waals surface area contributed by atoms with Crippen molar-refractivity contribution >= 4 is 23.3 Å². The number of carboxylic acids is 1. The number of carboxylic acid groups (broad SMARTS) is 1. The third-order valence-corrected chi connectivity index (χ3v) is 1.89. The van der Waals surface area contributed by atoms with Gasteiger partial charge in [-0.25, -0.2) is 4.79 Å². The van der Waals surface area contributed by atoms with Crippen LogP contribution in [0.5, 0.6) is 5.75 Å². The molecule has 92 valence electrons. The van der Waals surface area contributed by atoms with Crippen molar-refractivity contribution in [3.63, 3.8) is 0 Å². The molecule has 0 aliphatic carbocycles. The number of nitrogens with zero attached hydrogens (tertiary/aromatic N) is 1. The minimum Gasteiger partial charge on any atom is -0.477 e. The van der Waals surface area contributed by atoms with Gasteiger partial charge in [0.25, 0.3) is 5.69 Å². The van der Waals surface area contributed by atoms with Crippen LogP contribution in [0.15, 0.2) is 12.1 Å². The Morgan fingerprint density at radius 2 is 2.12 bits per heavy atom. The predicted octanol–water partition coefficient (Wildman–Crippen LogP) is 2.55. The first-order valence-electron chi connectivity index (χ1n) is 3.99. The molecule has 1 rings (SSSR count). The summed E-state index contributed by atoms with van der Waals surface area (Å²) in [6, 6.07) is 1.51. The standard InChI is InChI=1S/C8H4ClF2NO5/c9-3-1-4(12(15)16)6(7(13)14)5(2-3)17-8(10)11/h1-2,8H,(H,13,14). The number of ether oxygens (including phenoxy) is 1. The summed E-state index contributed by atoms with van der Waals surface area (Å²) in [6.07, 6.45) is 0. The second kappa shape index (κ2) is 4.91. The number of benzene rings is 1. The maximum absolute atomic E-state index is 12.0. The fraction of sp³-hybridized carbons (Fsp3) is 0.125. The molecule has 0 spiro atoms. The highest BCUT2D eigenvalue weighted by atomic mass is 35.5. The van der Waals surface area contributed by atoms with Crippen LogP contribution in [-0.4, -0.2) is 22.6 Å². The van der Waals surface area contributed by atoms with E-state index in [1.165, 1.54) is 0 Å². The fourth-order valence-corrected chi connectivity index (χ4v) is 1.32. The van der Waals surface area contributed by atoms with E-state index in [4.69, 9.17) is 16.7 Å². The second-order valence-corrected chi connectivity index (χ2v) is 3.18. The number of alkyl halides is 2. The van der Waals surface area contributed by atoms with E-state index in [2.05, 4.69) is 4.74 Å². The van der Waals surface area contributed by atoms with Gasteiger partial charge in [0, 0.05) is 12.1 Å². The summed E-state index contributed by atoms with van der Waals surface area (Å²) < 4.78 is 27.9. The Balaban J connectivity index is 3.46. The van der Waals surface area contributed by atoms with E-state index in [0.717, 1.165) is 12.1 Å². The summed E-state index contributed by atoms with van der Waals surface area (Å²) in [6.45, 7) is -3.31. The van der Waals surface area contributed by atoms with Crippen LogP contribution in [0, 0.1) is 10.1 Å². The van der Waals surface area contributed by atoms with Gasteiger partial charge in [-0.1, -0.05) is 11.6 Å². The summed E-state index contributed by atoms with van der Waals surface area (Å²) >= 11 is 5.43. The monoisotopic (exact) mass is 267 g/mol. The maximum Gasteiger partial charge on any atom is 0.387 e. The molecular formula is C8H4ClF2NO5. The molecule has 0 fully saturated rings. The Morgan fingerprint density at radius 3 is 2.53 bits per heavy atom. The summed E-state index contributed by atoms with van der Waals surface area (Å²) in [4.78, 5) is 20.3. The number of nitro benzene ring substituents is 1. The first-order valence-corrected chi connectivity index (χ1v) is 4.36. The third-order valence-electron chi connectivity index (χ3n) is 1.67. The van der Waals surface area contributed by atoms with Crippen molar-refractivity contribution in [2.75, 3.05) is 0 Å². The summed E-state index contributed by atoms with van der Waals surface area (Å²) in [5, 5.41) is 19.0. The van der Waals surface area contributed by atoms with Gasteiger partial charge in [-0.15, -0.1) is 0 Å². The molecule has 0 saturated carbocycles.